The van der Waals surface area contributed by atoms with Gasteiger partial charge in [0.1, 0.15) is 23.2 Å². The van der Waals surface area contributed by atoms with Crippen molar-refractivity contribution in [2.75, 3.05) is 4.90 Å². The van der Waals surface area contributed by atoms with Crippen molar-refractivity contribution >= 4 is 34.5 Å². The minimum atomic E-state index is -1.13. The molecule has 5 aromatic carbocycles. The number of anilines is 1. The Morgan fingerprint density at radius 3 is 1.97 bits per heavy atom. The van der Waals surface area contributed by atoms with Crippen LogP contribution in [-0.2, 0) is 9.59 Å². The Morgan fingerprint density at radius 2 is 1.37 bits per heavy atom. The van der Waals surface area contributed by atoms with Crippen molar-refractivity contribution in [1.82, 2.24) is 4.57 Å². The minimum absolute atomic E-state index is 0.0728. The second kappa shape index (κ2) is 19.2. The SMILES string of the molecule is CC(C)n1c(/C=C/[C@H](O)C[C@H](O)CC(=O)O)c(-c2ccc(F)cc2)c2ccccc21.O=C1[C@H](CC[C@H](O)c2ccc(F)cc2)[C@@H](c2ccc(O)cc2)N1c1ccc(F)cc1. The lowest BCUT2D eigenvalue weighted by Gasteiger charge is -2.48. The van der Waals surface area contributed by atoms with E-state index in [9.17, 15) is 43.2 Å². The van der Waals surface area contributed by atoms with Crippen molar-refractivity contribution in [3.8, 4) is 16.9 Å². The summed E-state index contributed by atoms with van der Waals surface area (Å²) in [6.45, 7) is 4.12. The zero-order valence-electron chi connectivity index (χ0n) is 33.1. The molecule has 0 radical (unpaired) electrons. The molecular weight excluding hydrogens is 774 g/mol. The number of aliphatic hydroxyl groups excluding tert-OH is 3. The first-order valence-corrected chi connectivity index (χ1v) is 19.7. The van der Waals surface area contributed by atoms with Crippen LogP contribution in [0.25, 0.3) is 28.1 Å². The molecule has 9 nitrogen and oxygen atoms in total. The Labute approximate surface area is 345 Å². The molecule has 12 heteroatoms. The first-order valence-electron chi connectivity index (χ1n) is 19.7. The number of β-lactam (4-membered cyclic amide) rings is 1. The fourth-order valence-corrected chi connectivity index (χ4v) is 7.73. The van der Waals surface area contributed by atoms with E-state index in [1.165, 1.54) is 48.5 Å². The highest BCUT2D eigenvalue weighted by atomic mass is 19.1. The number of carbonyl (C=O) groups excluding carboxylic acids is 1. The lowest BCUT2D eigenvalue weighted by molar-refractivity contribution is -0.139. The fourth-order valence-electron chi connectivity index (χ4n) is 7.73. The first-order chi connectivity index (χ1) is 28.7. The number of aliphatic hydroxyl groups is 3. The summed E-state index contributed by atoms with van der Waals surface area (Å²) < 4.78 is 42.1. The number of phenolic OH excluding ortho intramolecular Hbond substituents is 1. The molecule has 0 spiro atoms. The molecule has 60 heavy (non-hydrogen) atoms. The molecule has 312 valence electrons. The van der Waals surface area contributed by atoms with E-state index < -0.39 is 30.7 Å². The van der Waals surface area contributed by atoms with Crippen LogP contribution in [0.4, 0.5) is 18.9 Å². The van der Waals surface area contributed by atoms with E-state index in [0.717, 1.165) is 33.3 Å². The van der Waals surface area contributed by atoms with Gasteiger partial charge >= 0.3 is 5.97 Å². The van der Waals surface area contributed by atoms with E-state index in [4.69, 9.17) is 5.11 Å². The summed E-state index contributed by atoms with van der Waals surface area (Å²) in [7, 11) is 0. The summed E-state index contributed by atoms with van der Waals surface area (Å²) in [5.41, 5.74) is 5.69. The molecule has 1 fully saturated rings. The third kappa shape index (κ3) is 10.1. The van der Waals surface area contributed by atoms with E-state index in [-0.39, 0.29) is 53.5 Å². The number of hydrogen-bond acceptors (Lipinski definition) is 6. The van der Waals surface area contributed by atoms with Gasteiger partial charge in [-0.3, -0.25) is 9.59 Å². The molecule has 1 amide bonds. The Kier molecular flexibility index (Phi) is 13.9. The van der Waals surface area contributed by atoms with Crippen molar-refractivity contribution in [1.29, 1.82) is 0 Å². The number of amides is 1. The van der Waals surface area contributed by atoms with Crippen molar-refractivity contribution in [2.24, 2.45) is 5.92 Å². The molecule has 0 bridgehead atoms. The smallest absolute Gasteiger partial charge is 0.305 e. The molecule has 0 unspecified atom stereocenters. The van der Waals surface area contributed by atoms with Gasteiger partial charge in [-0.15, -0.1) is 0 Å². The molecule has 7 rings (SSSR count). The number of fused-ring (bicyclic) bond motifs is 1. The molecule has 6 aromatic rings. The average molecular weight is 821 g/mol. The number of carboxylic acids is 1. The average Bonchev–Trinajstić information content (AvgIpc) is 3.55. The number of para-hydroxylation sites is 1. The number of aromatic nitrogens is 1. The van der Waals surface area contributed by atoms with Gasteiger partial charge in [0.15, 0.2) is 0 Å². The number of aromatic hydroxyl groups is 1. The molecule has 1 aromatic heterocycles. The predicted octanol–water partition coefficient (Wildman–Crippen LogP) is 9.52. The van der Waals surface area contributed by atoms with E-state index >= 15 is 0 Å². The molecule has 0 saturated carbocycles. The van der Waals surface area contributed by atoms with Gasteiger partial charge in [0.05, 0.1) is 36.7 Å². The van der Waals surface area contributed by atoms with Crippen molar-refractivity contribution < 1.29 is 48.3 Å². The third-order valence-corrected chi connectivity index (χ3v) is 10.6. The van der Waals surface area contributed by atoms with Gasteiger partial charge in [0.25, 0.3) is 0 Å². The zero-order chi connectivity index (χ0) is 43.1. The zero-order valence-corrected chi connectivity index (χ0v) is 33.1. The summed E-state index contributed by atoms with van der Waals surface area (Å²) in [5.74, 6) is -2.53. The lowest BCUT2D eigenvalue weighted by atomic mass is 9.78. The van der Waals surface area contributed by atoms with Crippen LogP contribution in [0.2, 0.25) is 0 Å². The normalized spacial score (nSPS) is 16.7. The van der Waals surface area contributed by atoms with E-state index in [1.807, 2.05) is 24.3 Å². The van der Waals surface area contributed by atoms with Crippen LogP contribution in [0.15, 0.2) is 127 Å². The molecule has 2 heterocycles. The van der Waals surface area contributed by atoms with Crippen LogP contribution >= 0.6 is 0 Å². The van der Waals surface area contributed by atoms with Crippen LogP contribution in [0, 0.1) is 23.4 Å². The van der Waals surface area contributed by atoms with Crippen LogP contribution in [0.3, 0.4) is 0 Å². The number of carbonyl (C=O) groups is 2. The molecule has 1 saturated heterocycles. The first kappa shape index (κ1) is 43.4. The third-order valence-electron chi connectivity index (χ3n) is 10.6. The molecule has 5 atom stereocenters. The monoisotopic (exact) mass is 820 g/mol. The summed E-state index contributed by atoms with van der Waals surface area (Å²) in [4.78, 5) is 25.3. The Bertz CT molecular complexity index is 2420. The van der Waals surface area contributed by atoms with Gasteiger partial charge in [-0.25, -0.2) is 13.2 Å². The summed E-state index contributed by atoms with van der Waals surface area (Å²) in [6, 6.07) is 32.1. The number of carboxylic acid groups (broad SMARTS) is 1. The Hall–Kier alpha value is -6.21. The van der Waals surface area contributed by atoms with E-state index in [1.54, 1.807) is 65.6 Å². The van der Waals surface area contributed by atoms with Crippen LogP contribution in [-0.4, -0.2) is 54.2 Å². The standard InChI is InChI=1S/C24H21F2NO3.C24H26FNO4/c25-17-5-1-15(2-6-17)22(29)14-13-21-23(16-3-11-20(28)12-4-16)27(24(21)30)19-9-7-18(26)8-10-19;1-15(2)26-21-6-4-3-5-20(21)24(16-7-9-17(25)10-8-16)22(26)12-11-18(27)13-19(28)14-23(29)30/h1-12,21-23,28-29H,13-14H2;3-12,15,18-19,27-28H,13-14H2,1-2H3,(H,29,30)/b;12-11+/t21-,22+,23-;18-,19-/m10/s1. The number of hydrogen-bond donors (Lipinski definition) is 5. The second-order valence-corrected chi connectivity index (χ2v) is 15.1. The van der Waals surface area contributed by atoms with Gasteiger partial charge in [0.2, 0.25) is 5.91 Å². The maximum Gasteiger partial charge on any atom is 0.305 e. The quantitative estimate of drug-likeness (QED) is 0.0689. The maximum atomic E-state index is 13.5. The number of halogens is 3. The van der Waals surface area contributed by atoms with Gasteiger partial charge < -0.3 is 35.0 Å². The van der Waals surface area contributed by atoms with Crippen molar-refractivity contribution in [3.05, 3.63) is 162 Å². The largest absolute Gasteiger partial charge is 0.508 e. The summed E-state index contributed by atoms with van der Waals surface area (Å²) in [6.07, 6.45) is 0.693. The summed E-state index contributed by atoms with van der Waals surface area (Å²) in [5, 5.41) is 49.9. The number of nitrogens with zero attached hydrogens (tertiary/aromatic N) is 2. The van der Waals surface area contributed by atoms with Gasteiger partial charge in [-0.1, -0.05) is 60.7 Å². The lowest BCUT2D eigenvalue weighted by Crippen LogP contribution is -2.55. The topological polar surface area (TPSA) is 143 Å². The van der Waals surface area contributed by atoms with Crippen LogP contribution in [0.5, 0.6) is 5.75 Å². The molecule has 5 N–H and O–H groups in total. The molecule has 1 aliphatic rings. The summed E-state index contributed by atoms with van der Waals surface area (Å²) >= 11 is 0. The Morgan fingerprint density at radius 1 is 0.783 bits per heavy atom. The van der Waals surface area contributed by atoms with Gasteiger partial charge in [-0.2, -0.15) is 0 Å². The minimum Gasteiger partial charge on any atom is -0.508 e. The van der Waals surface area contributed by atoms with Crippen molar-refractivity contribution in [2.45, 2.75) is 69.9 Å². The highest BCUT2D eigenvalue weighted by Crippen LogP contribution is 2.46. The number of rotatable bonds is 14. The number of phenols is 1. The van der Waals surface area contributed by atoms with Gasteiger partial charge in [0, 0.05) is 40.3 Å². The van der Waals surface area contributed by atoms with Crippen LogP contribution in [0.1, 0.15) is 74.5 Å². The second-order valence-electron chi connectivity index (χ2n) is 15.1. The number of benzene rings is 5. The maximum absolute atomic E-state index is 13.5. The van der Waals surface area contributed by atoms with E-state index in [0.29, 0.717) is 24.1 Å². The molecule has 0 aliphatic carbocycles. The highest BCUT2D eigenvalue weighted by molar-refractivity contribution is 6.03. The van der Waals surface area contributed by atoms with Gasteiger partial charge in [-0.05, 0) is 116 Å². The molecule has 1 aliphatic heterocycles. The predicted molar refractivity (Wildman–Crippen MR) is 224 cm³/mol. The van der Waals surface area contributed by atoms with Crippen molar-refractivity contribution in [3.63, 3.8) is 0 Å². The Balaban J connectivity index is 0.000000201. The highest BCUT2D eigenvalue weighted by Gasteiger charge is 2.48. The fraction of sp³-hybridized carbons (Fsp3) is 0.250. The molecular formula is C48H47F3N2O7. The van der Waals surface area contributed by atoms with Crippen LogP contribution < -0.4 is 4.90 Å². The van der Waals surface area contributed by atoms with E-state index in [2.05, 4.69) is 18.4 Å². The number of aliphatic carboxylic acids is 1.